The lowest BCUT2D eigenvalue weighted by Gasteiger charge is -2.13. The molecular formula is C15H11BrF3NO. The normalized spacial score (nSPS) is 11.5. The number of benzene rings is 2. The summed E-state index contributed by atoms with van der Waals surface area (Å²) in [5.41, 5.74) is 5.61. The van der Waals surface area contributed by atoms with Crippen LogP contribution in [0.3, 0.4) is 0 Å². The Morgan fingerprint density at radius 1 is 1.14 bits per heavy atom. The Kier molecular flexibility index (Phi) is 4.09. The van der Waals surface area contributed by atoms with E-state index < -0.39 is 17.5 Å². The first-order valence-electron chi connectivity index (χ1n) is 5.97. The molecule has 6 heteroatoms. The number of alkyl halides is 3. The Morgan fingerprint density at radius 3 is 2.38 bits per heavy atom. The van der Waals surface area contributed by atoms with Crippen LogP contribution in [-0.2, 0) is 6.18 Å². The number of halogens is 4. The molecule has 2 nitrogen and oxygen atoms in total. The van der Waals surface area contributed by atoms with Crippen molar-refractivity contribution in [1.29, 1.82) is 0 Å². The summed E-state index contributed by atoms with van der Waals surface area (Å²) in [5.74, 6) is -0.682. The van der Waals surface area contributed by atoms with Crippen molar-refractivity contribution in [2.24, 2.45) is 0 Å². The van der Waals surface area contributed by atoms with E-state index in [-0.39, 0.29) is 15.6 Å². The third-order valence-corrected chi connectivity index (χ3v) is 3.56. The first-order chi connectivity index (χ1) is 9.70. The highest BCUT2D eigenvalue weighted by Gasteiger charge is 2.35. The third kappa shape index (κ3) is 3.26. The van der Waals surface area contributed by atoms with Crippen LogP contribution in [0.5, 0.6) is 0 Å². The van der Waals surface area contributed by atoms with Gasteiger partial charge in [-0.25, -0.2) is 0 Å². The first kappa shape index (κ1) is 15.6. The number of carbonyl (C=O) groups is 1. The summed E-state index contributed by atoms with van der Waals surface area (Å²) in [5, 5.41) is 0. The maximum atomic E-state index is 13.1. The standard InChI is InChI=1S/C15H11BrF3NO/c1-8-6-9(2-5-13(8)20)14(21)11-4-3-10(16)7-12(11)15(17,18)19/h2-7H,20H2,1H3. The zero-order valence-electron chi connectivity index (χ0n) is 11.0. The molecule has 0 aliphatic carbocycles. The molecule has 0 aliphatic rings. The lowest BCUT2D eigenvalue weighted by molar-refractivity contribution is -0.137. The van der Waals surface area contributed by atoms with Gasteiger partial charge in [-0.05, 0) is 48.9 Å². The van der Waals surface area contributed by atoms with Crippen LogP contribution in [-0.4, -0.2) is 5.78 Å². The van der Waals surface area contributed by atoms with E-state index in [0.29, 0.717) is 11.3 Å². The first-order valence-corrected chi connectivity index (χ1v) is 6.77. The highest BCUT2D eigenvalue weighted by Crippen LogP contribution is 2.35. The van der Waals surface area contributed by atoms with Crippen molar-refractivity contribution >= 4 is 27.4 Å². The van der Waals surface area contributed by atoms with Crippen LogP contribution in [0, 0.1) is 6.92 Å². The lowest BCUT2D eigenvalue weighted by Crippen LogP contribution is -2.14. The molecule has 2 aromatic carbocycles. The van der Waals surface area contributed by atoms with Gasteiger partial charge >= 0.3 is 6.18 Å². The second-order valence-corrected chi connectivity index (χ2v) is 5.50. The molecule has 21 heavy (non-hydrogen) atoms. The summed E-state index contributed by atoms with van der Waals surface area (Å²) in [6.45, 7) is 1.69. The van der Waals surface area contributed by atoms with Gasteiger partial charge in [0, 0.05) is 21.3 Å². The molecule has 0 bridgehead atoms. The lowest BCUT2D eigenvalue weighted by atomic mass is 9.96. The average molecular weight is 358 g/mol. The van der Waals surface area contributed by atoms with Crippen LogP contribution >= 0.6 is 15.9 Å². The van der Waals surface area contributed by atoms with E-state index in [2.05, 4.69) is 15.9 Å². The number of rotatable bonds is 2. The molecule has 0 aliphatic heterocycles. The molecule has 110 valence electrons. The summed E-state index contributed by atoms with van der Waals surface area (Å²) >= 11 is 2.99. The van der Waals surface area contributed by atoms with Crippen LogP contribution in [0.1, 0.15) is 27.0 Å². The molecule has 0 amide bonds. The maximum Gasteiger partial charge on any atom is 0.417 e. The van der Waals surface area contributed by atoms with Crippen LogP contribution < -0.4 is 5.73 Å². The van der Waals surface area contributed by atoms with Crippen molar-refractivity contribution in [3.05, 3.63) is 63.1 Å². The van der Waals surface area contributed by atoms with E-state index in [0.717, 1.165) is 6.07 Å². The molecular weight excluding hydrogens is 347 g/mol. The molecule has 0 saturated carbocycles. The number of aryl methyl sites for hydroxylation is 1. The number of hydrogen-bond donors (Lipinski definition) is 1. The van der Waals surface area contributed by atoms with Crippen molar-refractivity contribution in [3.63, 3.8) is 0 Å². The topological polar surface area (TPSA) is 43.1 Å². The smallest absolute Gasteiger partial charge is 0.399 e. The molecule has 0 saturated heterocycles. The second-order valence-electron chi connectivity index (χ2n) is 4.59. The number of ketones is 1. The number of anilines is 1. The summed E-state index contributed by atoms with van der Waals surface area (Å²) in [6, 6.07) is 7.90. The quantitative estimate of drug-likeness (QED) is 0.630. The maximum absolute atomic E-state index is 13.1. The largest absolute Gasteiger partial charge is 0.417 e. The average Bonchev–Trinajstić information content (AvgIpc) is 2.40. The number of carbonyl (C=O) groups excluding carboxylic acids is 1. The fourth-order valence-electron chi connectivity index (χ4n) is 1.92. The van der Waals surface area contributed by atoms with Crippen molar-refractivity contribution in [2.75, 3.05) is 5.73 Å². The van der Waals surface area contributed by atoms with E-state index in [1.807, 2.05) is 0 Å². The molecule has 0 heterocycles. The van der Waals surface area contributed by atoms with Gasteiger partial charge in [-0.3, -0.25) is 4.79 Å². The van der Waals surface area contributed by atoms with Gasteiger partial charge in [0.2, 0.25) is 0 Å². The minimum atomic E-state index is -4.60. The van der Waals surface area contributed by atoms with Crippen molar-refractivity contribution in [2.45, 2.75) is 13.1 Å². The summed E-state index contributed by atoms with van der Waals surface area (Å²) in [7, 11) is 0. The van der Waals surface area contributed by atoms with E-state index in [4.69, 9.17) is 5.73 Å². The van der Waals surface area contributed by atoms with E-state index in [9.17, 15) is 18.0 Å². The van der Waals surface area contributed by atoms with Gasteiger partial charge in [-0.2, -0.15) is 13.2 Å². The van der Waals surface area contributed by atoms with Gasteiger partial charge in [0.1, 0.15) is 0 Å². The highest BCUT2D eigenvalue weighted by molar-refractivity contribution is 9.10. The SMILES string of the molecule is Cc1cc(C(=O)c2ccc(Br)cc2C(F)(F)F)ccc1N. The molecule has 0 aromatic heterocycles. The molecule has 2 rings (SSSR count). The van der Waals surface area contributed by atoms with Crippen LogP contribution in [0.4, 0.5) is 18.9 Å². The van der Waals surface area contributed by atoms with Gasteiger partial charge in [0.15, 0.2) is 5.78 Å². The zero-order chi connectivity index (χ0) is 15.8. The summed E-state index contributed by atoms with van der Waals surface area (Å²) in [6.07, 6.45) is -4.60. The van der Waals surface area contributed by atoms with E-state index in [1.165, 1.54) is 30.3 Å². The highest BCUT2D eigenvalue weighted by atomic mass is 79.9. The van der Waals surface area contributed by atoms with Crippen molar-refractivity contribution < 1.29 is 18.0 Å². The third-order valence-electron chi connectivity index (χ3n) is 3.06. The minimum absolute atomic E-state index is 0.175. The second kappa shape index (κ2) is 5.52. The molecule has 0 spiro atoms. The number of nitrogens with two attached hydrogens (primary N) is 1. The van der Waals surface area contributed by atoms with Crippen LogP contribution in [0.15, 0.2) is 40.9 Å². The fourth-order valence-corrected chi connectivity index (χ4v) is 2.28. The molecule has 2 aromatic rings. The molecule has 0 radical (unpaired) electrons. The van der Waals surface area contributed by atoms with Crippen molar-refractivity contribution in [3.8, 4) is 0 Å². The fraction of sp³-hybridized carbons (Fsp3) is 0.133. The Balaban J connectivity index is 2.55. The van der Waals surface area contributed by atoms with Gasteiger partial charge in [0.05, 0.1) is 5.56 Å². The van der Waals surface area contributed by atoms with E-state index in [1.54, 1.807) is 6.92 Å². The Hall–Kier alpha value is -1.82. The Morgan fingerprint density at radius 2 is 1.81 bits per heavy atom. The Labute approximate surface area is 127 Å². The number of nitrogen functional groups attached to an aromatic ring is 1. The van der Waals surface area contributed by atoms with Gasteiger partial charge in [-0.1, -0.05) is 15.9 Å². The predicted molar refractivity (Wildman–Crippen MR) is 78.2 cm³/mol. The summed E-state index contributed by atoms with van der Waals surface area (Å²) < 4.78 is 39.4. The zero-order valence-corrected chi connectivity index (χ0v) is 12.5. The van der Waals surface area contributed by atoms with Gasteiger partial charge in [0.25, 0.3) is 0 Å². The minimum Gasteiger partial charge on any atom is -0.399 e. The van der Waals surface area contributed by atoms with Crippen molar-refractivity contribution in [1.82, 2.24) is 0 Å². The molecule has 0 atom stereocenters. The Bertz CT molecular complexity index is 711. The monoisotopic (exact) mass is 357 g/mol. The predicted octanol–water partition coefficient (Wildman–Crippen LogP) is 4.59. The van der Waals surface area contributed by atoms with Gasteiger partial charge < -0.3 is 5.73 Å². The molecule has 0 fully saturated rings. The number of hydrogen-bond acceptors (Lipinski definition) is 2. The van der Waals surface area contributed by atoms with Crippen LogP contribution in [0.25, 0.3) is 0 Å². The van der Waals surface area contributed by atoms with Crippen LogP contribution in [0.2, 0.25) is 0 Å². The summed E-state index contributed by atoms with van der Waals surface area (Å²) in [4.78, 5) is 12.3. The van der Waals surface area contributed by atoms with E-state index >= 15 is 0 Å². The molecule has 0 unspecified atom stereocenters. The van der Waals surface area contributed by atoms with Gasteiger partial charge in [-0.15, -0.1) is 0 Å². The molecule has 2 N–H and O–H groups in total.